The van der Waals surface area contributed by atoms with Gasteiger partial charge in [-0.1, -0.05) is 6.07 Å². The van der Waals surface area contributed by atoms with Gasteiger partial charge in [0.1, 0.15) is 12.1 Å². The van der Waals surface area contributed by atoms with Crippen molar-refractivity contribution in [3.63, 3.8) is 0 Å². The van der Waals surface area contributed by atoms with E-state index < -0.39 is 11.1 Å². The van der Waals surface area contributed by atoms with Crippen LogP contribution in [0.3, 0.4) is 0 Å². The van der Waals surface area contributed by atoms with Crippen LogP contribution >= 0.6 is 11.6 Å². The fraction of sp³-hybridized carbons (Fsp3) is 0. The molecule has 0 aliphatic carbocycles. The molecule has 0 aliphatic rings. The van der Waals surface area contributed by atoms with Crippen LogP contribution in [0.2, 0.25) is 0 Å². The summed E-state index contributed by atoms with van der Waals surface area (Å²) in [6.07, 6.45) is 0.492. The maximum atomic E-state index is 12.8. The highest BCUT2D eigenvalue weighted by Gasteiger charge is 2.08. The second-order valence-corrected chi connectivity index (χ2v) is 2.47. The van der Waals surface area contributed by atoms with Gasteiger partial charge in [0, 0.05) is 5.56 Å². The summed E-state index contributed by atoms with van der Waals surface area (Å²) in [6.45, 7) is 0. The summed E-state index contributed by atoms with van der Waals surface area (Å²) in [4.78, 5) is 20.7. The Morgan fingerprint density at radius 3 is 2.58 bits per heavy atom. The first-order chi connectivity index (χ1) is 5.65. The summed E-state index contributed by atoms with van der Waals surface area (Å²) in [7, 11) is 0. The van der Waals surface area contributed by atoms with Crippen LogP contribution in [-0.2, 0) is 0 Å². The zero-order chi connectivity index (χ0) is 9.14. The average molecular weight is 187 g/mol. The zero-order valence-electron chi connectivity index (χ0n) is 5.88. The van der Waals surface area contributed by atoms with E-state index in [1.165, 1.54) is 12.1 Å². The number of benzene rings is 1. The summed E-state index contributed by atoms with van der Waals surface area (Å²) >= 11 is 5.04. The van der Waals surface area contributed by atoms with Crippen molar-refractivity contribution in [2.75, 3.05) is 0 Å². The van der Waals surface area contributed by atoms with Gasteiger partial charge < -0.3 is 0 Å². The minimum Gasteiger partial charge on any atom is -0.298 e. The molecule has 0 saturated heterocycles. The number of hydrogen-bond donors (Lipinski definition) is 0. The molecular weight excluding hydrogens is 183 g/mol. The number of rotatable bonds is 2. The van der Waals surface area contributed by atoms with E-state index >= 15 is 0 Å². The molecule has 0 unspecified atom stereocenters. The Kier molecular flexibility index (Phi) is 2.55. The summed E-state index contributed by atoms with van der Waals surface area (Å²) < 4.78 is 12.8. The van der Waals surface area contributed by atoms with E-state index in [0.29, 0.717) is 6.29 Å². The summed E-state index contributed by atoms with van der Waals surface area (Å²) in [5.74, 6) is -0.778. The quantitative estimate of drug-likeness (QED) is 0.523. The lowest BCUT2D eigenvalue weighted by Gasteiger charge is -1.96. The standard InChI is InChI=1S/C8H4ClFO2/c9-8(12)6-2-1-5(4-11)3-7(6)10/h1-4H. The number of hydrogen-bond acceptors (Lipinski definition) is 2. The second-order valence-electron chi connectivity index (χ2n) is 2.13. The van der Waals surface area contributed by atoms with E-state index in [2.05, 4.69) is 0 Å². The molecule has 1 rings (SSSR count). The molecule has 1 aromatic rings. The van der Waals surface area contributed by atoms with Crippen molar-refractivity contribution in [1.29, 1.82) is 0 Å². The van der Waals surface area contributed by atoms with Gasteiger partial charge in [-0.05, 0) is 23.7 Å². The van der Waals surface area contributed by atoms with Gasteiger partial charge in [-0.2, -0.15) is 0 Å². The highest BCUT2D eigenvalue weighted by Crippen LogP contribution is 2.11. The van der Waals surface area contributed by atoms with Gasteiger partial charge >= 0.3 is 0 Å². The molecule has 0 radical (unpaired) electrons. The molecule has 2 nitrogen and oxygen atoms in total. The van der Waals surface area contributed by atoms with Crippen molar-refractivity contribution in [2.45, 2.75) is 0 Å². The van der Waals surface area contributed by atoms with Crippen LogP contribution in [0.5, 0.6) is 0 Å². The molecule has 0 fully saturated rings. The lowest BCUT2D eigenvalue weighted by molar-refractivity contribution is 0.107. The van der Waals surface area contributed by atoms with Crippen LogP contribution in [0.4, 0.5) is 4.39 Å². The van der Waals surface area contributed by atoms with Gasteiger partial charge in [0.15, 0.2) is 0 Å². The van der Waals surface area contributed by atoms with E-state index in [-0.39, 0.29) is 11.1 Å². The summed E-state index contributed by atoms with van der Waals surface area (Å²) in [6, 6.07) is 3.46. The van der Waals surface area contributed by atoms with Crippen molar-refractivity contribution in [1.82, 2.24) is 0 Å². The zero-order valence-corrected chi connectivity index (χ0v) is 6.64. The molecule has 1 aromatic carbocycles. The highest BCUT2D eigenvalue weighted by molar-refractivity contribution is 6.67. The normalized spacial score (nSPS) is 9.50. The summed E-state index contributed by atoms with van der Waals surface area (Å²) in [5.41, 5.74) is -0.0450. The predicted molar refractivity (Wildman–Crippen MR) is 42.0 cm³/mol. The maximum absolute atomic E-state index is 12.8. The molecule has 0 heterocycles. The second kappa shape index (κ2) is 3.45. The topological polar surface area (TPSA) is 34.1 Å². The van der Waals surface area contributed by atoms with Gasteiger partial charge in [-0.3, -0.25) is 9.59 Å². The molecule has 12 heavy (non-hydrogen) atoms. The molecule has 62 valence electrons. The Morgan fingerprint density at radius 1 is 1.50 bits per heavy atom. The number of aldehydes is 1. The third kappa shape index (κ3) is 1.68. The molecule has 4 heteroatoms. The monoisotopic (exact) mass is 186 g/mol. The van der Waals surface area contributed by atoms with E-state index in [4.69, 9.17) is 11.6 Å². The van der Waals surface area contributed by atoms with Crippen molar-refractivity contribution < 1.29 is 14.0 Å². The molecule has 0 aliphatic heterocycles. The largest absolute Gasteiger partial charge is 0.298 e. The fourth-order valence-electron chi connectivity index (χ4n) is 0.764. The third-order valence-electron chi connectivity index (χ3n) is 1.34. The number of carbonyl (C=O) groups is 2. The average Bonchev–Trinajstić information content (AvgIpc) is 2.03. The first-order valence-electron chi connectivity index (χ1n) is 3.09. The Balaban J connectivity index is 3.20. The van der Waals surface area contributed by atoms with E-state index in [0.717, 1.165) is 6.07 Å². The lowest BCUT2D eigenvalue weighted by Crippen LogP contribution is -1.95. The minimum absolute atomic E-state index is 0.175. The smallest absolute Gasteiger partial charge is 0.255 e. The predicted octanol–water partition coefficient (Wildman–Crippen LogP) is 2.02. The van der Waals surface area contributed by atoms with Crippen molar-refractivity contribution in [3.8, 4) is 0 Å². The van der Waals surface area contributed by atoms with E-state index in [1.807, 2.05) is 0 Å². The first-order valence-corrected chi connectivity index (χ1v) is 3.47. The van der Waals surface area contributed by atoms with Gasteiger partial charge in [-0.25, -0.2) is 4.39 Å². The minimum atomic E-state index is -0.870. The molecule has 0 bridgehead atoms. The number of carbonyl (C=O) groups excluding carboxylic acids is 2. The first kappa shape index (κ1) is 8.87. The van der Waals surface area contributed by atoms with Gasteiger partial charge in [0.25, 0.3) is 5.24 Å². The van der Waals surface area contributed by atoms with Crippen LogP contribution in [0.1, 0.15) is 20.7 Å². The number of halogens is 2. The van der Waals surface area contributed by atoms with Crippen molar-refractivity contribution in [3.05, 3.63) is 35.1 Å². The Hall–Kier alpha value is -1.22. The van der Waals surface area contributed by atoms with Gasteiger partial charge in [-0.15, -0.1) is 0 Å². The van der Waals surface area contributed by atoms with Gasteiger partial charge in [0.05, 0.1) is 5.56 Å². The van der Waals surface area contributed by atoms with Crippen molar-refractivity contribution >= 4 is 23.1 Å². The molecule has 0 atom stereocenters. The van der Waals surface area contributed by atoms with Gasteiger partial charge in [0.2, 0.25) is 0 Å². The highest BCUT2D eigenvalue weighted by atomic mass is 35.5. The van der Waals surface area contributed by atoms with Crippen LogP contribution in [0.25, 0.3) is 0 Å². The van der Waals surface area contributed by atoms with E-state index in [9.17, 15) is 14.0 Å². The Labute approximate surface area is 73.0 Å². The third-order valence-corrected chi connectivity index (χ3v) is 1.54. The molecule has 0 aromatic heterocycles. The van der Waals surface area contributed by atoms with Crippen LogP contribution < -0.4 is 0 Å². The maximum Gasteiger partial charge on any atom is 0.255 e. The molecule has 0 amide bonds. The Morgan fingerprint density at radius 2 is 2.17 bits per heavy atom. The van der Waals surface area contributed by atoms with E-state index in [1.54, 1.807) is 0 Å². The molecule has 0 spiro atoms. The summed E-state index contributed by atoms with van der Waals surface area (Å²) in [5, 5.41) is -0.870. The SMILES string of the molecule is O=Cc1ccc(C(=O)Cl)c(F)c1. The van der Waals surface area contributed by atoms with Crippen LogP contribution in [-0.4, -0.2) is 11.5 Å². The Bertz CT molecular complexity index is 336. The molecule has 0 N–H and O–H groups in total. The van der Waals surface area contributed by atoms with Crippen molar-refractivity contribution in [2.24, 2.45) is 0 Å². The van der Waals surface area contributed by atoms with Crippen LogP contribution in [0.15, 0.2) is 18.2 Å². The fourth-order valence-corrected chi connectivity index (χ4v) is 0.917. The molecule has 0 saturated carbocycles. The van der Waals surface area contributed by atoms with Crippen LogP contribution in [0, 0.1) is 5.82 Å². The lowest BCUT2D eigenvalue weighted by atomic mass is 10.1. The molecular formula is C8H4ClFO2.